The molecule has 0 radical (unpaired) electrons. The van der Waals surface area contributed by atoms with Crippen LogP contribution in [-0.2, 0) is 4.79 Å². The molecule has 7 heteroatoms. The van der Waals surface area contributed by atoms with Gasteiger partial charge in [0.15, 0.2) is 0 Å². The molecule has 0 saturated heterocycles. The van der Waals surface area contributed by atoms with Gasteiger partial charge in [-0.2, -0.15) is 0 Å². The third-order valence-electron chi connectivity index (χ3n) is 2.79. The van der Waals surface area contributed by atoms with Crippen molar-refractivity contribution in [1.29, 1.82) is 0 Å². The Bertz CT molecular complexity index is 566. The molecule has 0 saturated carbocycles. The van der Waals surface area contributed by atoms with Gasteiger partial charge >= 0.3 is 0 Å². The fourth-order valence-corrected chi connectivity index (χ4v) is 1.86. The van der Waals surface area contributed by atoms with E-state index >= 15 is 0 Å². The predicted octanol–water partition coefficient (Wildman–Crippen LogP) is 0.974. The molecule has 0 bridgehead atoms. The number of carbonyl (C=O) groups is 1. The Balaban J connectivity index is 2.07. The monoisotopic (exact) mass is 274 g/mol. The SMILES string of the molecule is CC(C)C[C@H](N)C(=O)Nc1cccc(-n2cnnn2)c1. The van der Waals surface area contributed by atoms with Crippen LogP contribution in [0.15, 0.2) is 30.6 Å². The summed E-state index contributed by atoms with van der Waals surface area (Å²) in [6, 6.07) is 6.75. The molecule has 1 aromatic carbocycles. The average molecular weight is 274 g/mol. The van der Waals surface area contributed by atoms with E-state index in [9.17, 15) is 4.79 Å². The summed E-state index contributed by atoms with van der Waals surface area (Å²) < 4.78 is 1.52. The normalized spacial score (nSPS) is 12.4. The zero-order valence-electron chi connectivity index (χ0n) is 11.5. The van der Waals surface area contributed by atoms with Gasteiger partial charge in [-0.25, -0.2) is 4.68 Å². The van der Waals surface area contributed by atoms with Crippen molar-refractivity contribution in [3.8, 4) is 5.69 Å². The minimum Gasteiger partial charge on any atom is -0.325 e. The Labute approximate surface area is 117 Å². The van der Waals surface area contributed by atoms with Crippen molar-refractivity contribution >= 4 is 11.6 Å². The number of rotatable bonds is 5. The second-order valence-electron chi connectivity index (χ2n) is 5.03. The Morgan fingerprint density at radius 3 is 2.90 bits per heavy atom. The van der Waals surface area contributed by atoms with Crippen LogP contribution in [0, 0.1) is 5.92 Å². The molecule has 0 spiro atoms. The first kappa shape index (κ1) is 14.1. The summed E-state index contributed by atoms with van der Waals surface area (Å²) >= 11 is 0. The molecule has 0 fully saturated rings. The number of hydrogen-bond acceptors (Lipinski definition) is 5. The first-order valence-corrected chi connectivity index (χ1v) is 6.46. The molecule has 3 N–H and O–H groups in total. The van der Waals surface area contributed by atoms with Gasteiger partial charge in [-0.05, 0) is 41.0 Å². The average Bonchev–Trinajstić information content (AvgIpc) is 2.92. The first-order chi connectivity index (χ1) is 9.56. The van der Waals surface area contributed by atoms with Gasteiger partial charge in [0.25, 0.3) is 0 Å². The van der Waals surface area contributed by atoms with Crippen molar-refractivity contribution in [3.05, 3.63) is 30.6 Å². The minimum atomic E-state index is -0.508. The highest BCUT2D eigenvalue weighted by Crippen LogP contribution is 2.14. The van der Waals surface area contributed by atoms with Gasteiger partial charge < -0.3 is 11.1 Å². The van der Waals surface area contributed by atoms with E-state index in [-0.39, 0.29) is 5.91 Å². The lowest BCUT2D eigenvalue weighted by Gasteiger charge is -2.14. The van der Waals surface area contributed by atoms with Gasteiger partial charge in [-0.1, -0.05) is 19.9 Å². The number of nitrogens with two attached hydrogens (primary N) is 1. The van der Waals surface area contributed by atoms with E-state index in [2.05, 4.69) is 20.8 Å². The van der Waals surface area contributed by atoms with Gasteiger partial charge in [0.2, 0.25) is 5.91 Å². The number of nitrogens with zero attached hydrogens (tertiary/aromatic N) is 4. The maximum atomic E-state index is 12.0. The largest absolute Gasteiger partial charge is 0.325 e. The molecule has 1 heterocycles. The highest BCUT2D eigenvalue weighted by atomic mass is 16.2. The summed E-state index contributed by atoms with van der Waals surface area (Å²) in [5, 5.41) is 13.8. The molecule has 1 atom stereocenters. The van der Waals surface area contributed by atoms with Crippen molar-refractivity contribution in [2.45, 2.75) is 26.3 Å². The molecule has 0 unspecified atom stereocenters. The lowest BCUT2D eigenvalue weighted by atomic mass is 10.0. The highest BCUT2D eigenvalue weighted by Gasteiger charge is 2.15. The number of aromatic nitrogens is 4. The van der Waals surface area contributed by atoms with Crippen LogP contribution in [0.2, 0.25) is 0 Å². The second-order valence-corrected chi connectivity index (χ2v) is 5.03. The van der Waals surface area contributed by atoms with Gasteiger partial charge in [0.1, 0.15) is 6.33 Å². The zero-order chi connectivity index (χ0) is 14.5. The number of anilines is 1. The van der Waals surface area contributed by atoms with E-state index in [4.69, 9.17) is 5.73 Å². The van der Waals surface area contributed by atoms with Crippen LogP contribution in [0.1, 0.15) is 20.3 Å². The molecule has 1 amide bonds. The first-order valence-electron chi connectivity index (χ1n) is 6.46. The number of hydrogen-bond donors (Lipinski definition) is 2. The molecule has 0 aliphatic rings. The molecule has 106 valence electrons. The topological polar surface area (TPSA) is 98.7 Å². The summed E-state index contributed by atoms with van der Waals surface area (Å²) in [4.78, 5) is 12.0. The molecule has 0 aliphatic heterocycles. The Morgan fingerprint density at radius 1 is 1.45 bits per heavy atom. The highest BCUT2D eigenvalue weighted by molar-refractivity contribution is 5.94. The standard InChI is InChI=1S/C13H18N6O/c1-9(2)6-12(14)13(20)16-10-4-3-5-11(7-10)19-8-15-17-18-19/h3-5,7-9,12H,6,14H2,1-2H3,(H,16,20)/t12-/m0/s1. The summed E-state index contributed by atoms with van der Waals surface area (Å²) in [5.41, 5.74) is 7.29. The summed E-state index contributed by atoms with van der Waals surface area (Å²) in [5.74, 6) is 0.191. The van der Waals surface area contributed by atoms with Crippen molar-refractivity contribution in [2.75, 3.05) is 5.32 Å². The quantitative estimate of drug-likeness (QED) is 0.846. The fourth-order valence-electron chi connectivity index (χ4n) is 1.86. The van der Waals surface area contributed by atoms with Crippen LogP contribution in [0.3, 0.4) is 0 Å². The molecule has 20 heavy (non-hydrogen) atoms. The maximum absolute atomic E-state index is 12.0. The molecular weight excluding hydrogens is 256 g/mol. The van der Waals surface area contributed by atoms with E-state index in [1.165, 1.54) is 11.0 Å². The Morgan fingerprint density at radius 2 is 2.25 bits per heavy atom. The van der Waals surface area contributed by atoms with Gasteiger partial charge in [-0.3, -0.25) is 4.79 Å². The molecule has 7 nitrogen and oxygen atoms in total. The zero-order valence-corrected chi connectivity index (χ0v) is 11.5. The molecule has 1 aromatic heterocycles. The van der Waals surface area contributed by atoms with Gasteiger partial charge in [0, 0.05) is 5.69 Å². The van der Waals surface area contributed by atoms with Gasteiger partial charge in [-0.15, -0.1) is 5.10 Å². The van der Waals surface area contributed by atoms with Crippen LogP contribution >= 0.6 is 0 Å². The van der Waals surface area contributed by atoms with E-state index in [0.717, 1.165) is 5.69 Å². The minimum absolute atomic E-state index is 0.187. The lowest BCUT2D eigenvalue weighted by molar-refractivity contribution is -0.117. The predicted molar refractivity (Wildman–Crippen MR) is 75.2 cm³/mol. The van der Waals surface area contributed by atoms with Crippen LogP contribution in [0.4, 0.5) is 5.69 Å². The smallest absolute Gasteiger partial charge is 0.241 e. The summed E-state index contributed by atoms with van der Waals surface area (Å²) in [6.07, 6.45) is 2.14. The molecule has 0 aliphatic carbocycles. The number of benzene rings is 1. The summed E-state index contributed by atoms with van der Waals surface area (Å²) in [6.45, 7) is 4.07. The molecular formula is C13H18N6O. The third-order valence-corrected chi connectivity index (χ3v) is 2.79. The number of carbonyl (C=O) groups excluding carboxylic acids is 1. The van der Waals surface area contributed by atoms with Crippen LogP contribution in [0.25, 0.3) is 5.69 Å². The van der Waals surface area contributed by atoms with Gasteiger partial charge in [0.05, 0.1) is 11.7 Å². The molecule has 2 rings (SSSR count). The van der Waals surface area contributed by atoms with Crippen molar-refractivity contribution < 1.29 is 4.79 Å². The second kappa shape index (κ2) is 6.25. The molecule has 2 aromatic rings. The lowest BCUT2D eigenvalue weighted by Crippen LogP contribution is -2.36. The Kier molecular flexibility index (Phi) is 4.41. The van der Waals surface area contributed by atoms with E-state index in [0.29, 0.717) is 18.0 Å². The van der Waals surface area contributed by atoms with Crippen LogP contribution in [0.5, 0.6) is 0 Å². The third kappa shape index (κ3) is 3.61. The Hall–Kier alpha value is -2.28. The van der Waals surface area contributed by atoms with Crippen LogP contribution in [-0.4, -0.2) is 32.2 Å². The van der Waals surface area contributed by atoms with E-state index < -0.39 is 6.04 Å². The van der Waals surface area contributed by atoms with E-state index in [1.54, 1.807) is 12.1 Å². The number of amides is 1. The number of tetrazole rings is 1. The summed E-state index contributed by atoms with van der Waals surface area (Å²) in [7, 11) is 0. The van der Waals surface area contributed by atoms with Crippen LogP contribution < -0.4 is 11.1 Å². The van der Waals surface area contributed by atoms with E-state index in [1.807, 2.05) is 26.0 Å². The number of nitrogens with one attached hydrogen (secondary N) is 1. The van der Waals surface area contributed by atoms with Crippen molar-refractivity contribution in [1.82, 2.24) is 20.2 Å². The van der Waals surface area contributed by atoms with Crippen molar-refractivity contribution in [2.24, 2.45) is 11.7 Å². The van der Waals surface area contributed by atoms with Crippen molar-refractivity contribution in [3.63, 3.8) is 0 Å². The fraction of sp³-hybridized carbons (Fsp3) is 0.385. The maximum Gasteiger partial charge on any atom is 0.241 e.